The molecular weight excluding hydrogens is 208 g/mol. The third-order valence-corrected chi connectivity index (χ3v) is 3.55. The topological polar surface area (TPSA) is 15.3 Å². The Morgan fingerprint density at radius 1 is 1.24 bits per heavy atom. The van der Waals surface area contributed by atoms with E-state index in [0.717, 1.165) is 26.2 Å². The minimum absolute atomic E-state index is 0.343. The molecule has 1 aromatic rings. The van der Waals surface area contributed by atoms with Crippen LogP contribution in [0.5, 0.6) is 0 Å². The molecule has 0 amide bonds. The summed E-state index contributed by atoms with van der Waals surface area (Å²) in [5.74, 6) is 0. The molecule has 1 heterocycles. The van der Waals surface area contributed by atoms with Gasteiger partial charge in [-0.15, -0.1) is 0 Å². The van der Waals surface area contributed by atoms with E-state index in [9.17, 15) is 0 Å². The van der Waals surface area contributed by atoms with E-state index in [-0.39, 0.29) is 0 Å². The number of benzene rings is 1. The highest BCUT2D eigenvalue weighted by Crippen LogP contribution is 2.22. The Kier molecular flexibility index (Phi) is 3.85. The zero-order chi connectivity index (χ0) is 12.3. The van der Waals surface area contributed by atoms with Crippen molar-refractivity contribution in [2.24, 2.45) is 5.41 Å². The van der Waals surface area contributed by atoms with Gasteiger partial charge >= 0.3 is 0 Å². The summed E-state index contributed by atoms with van der Waals surface area (Å²) in [7, 11) is 0. The van der Waals surface area contributed by atoms with Gasteiger partial charge in [-0.3, -0.25) is 4.90 Å². The van der Waals surface area contributed by atoms with Gasteiger partial charge in [0.15, 0.2) is 0 Å². The van der Waals surface area contributed by atoms with Crippen molar-refractivity contribution in [2.45, 2.75) is 33.4 Å². The average Bonchev–Trinajstić information content (AvgIpc) is 2.29. The van der Waals surface area contributed by atoms with Crippen molar-refractivity contribution in [3.05, 3.63) is 35.9 Å². The minimum Gasteiger partial charge on any atom is -0.311 e. The molecule has 1 unspecified atom stereocenters. The van der Waals surface area contributed by atoms with E-state index < -0.39 is 0 Å². The maximum Gasteiger partial charge on any atom is 0.0244 e. The fourth-order valence-electron chi connectivity index (χ4n) is 2.38. The summed E-state index contributed by atoms with van der Waals surface area (Å²) in [5.41, 5.74) is 1.76. The lowest BCUT2D eigenvalue weighted by molar-refractivity contribution is 0.129. The number of rotatable bonds is 2. The SMILES string of the molecule is CC(C)(C)C1CN(Cc2ccccc2)CCN1. The molecule has 17 heavy (non-hydrogen) atoms. The largest absolute Gasteiger partial charge is 0.311 e. The molecule has 1 atom stereocenters. The van der Waals surface area contributed by atoms with Gasteiger partial charge in [0, 0.05) is 32.2 Å². The molecule has 1 fully saturated rings. The molecule has 0 bridgehead atoms. The molecule has 2 nitrogen and oxygen atoms in total. The van der Waals surface area contributed by atoms with Crippen LogP contribution in [0.4, 0.5) is 0 Å². The molecular formula is C15H24N2. The first kappa shape index (κ1) is 12.6. The van der Waals surface area contributed by atoms with Crippen molar-refractivity contribution < 1.29 is 0 Å². The molecule has 0 radical (unpaired) electrons. The predicted molar refractivity (Wildman–Crippen MR) is 73.0 cm³/mol. The van der Waals surface area contributed by atoms with Gasteiger partial charge in [0.25, 0.3) is 0 Å². The highest BCUT2D eigenvalue weighted by atomic mass is 15.2. The first-order chi connectivity index (χ1) is 8.05. The average molecular weight is 232 g/mol. The van der Waals surface area contributed by atoms with E-state index in [4.69, 9.17) is 0 Å². The smallest absolute Gasteiger partial charge is 0.0244 e. The van der Waals surface area contributed by atoms with Crippen LogP contribution in [-0.2, 0) is 6.54 Å². The van der Waals surface area contributed by atoms with Crippen LogP contribution >= 0.6 is 0 Å². The van der Waals surface area contributed by atoms with E-state index >= 15 is 0 Å². The Morgan fingerprint density at radius 3 is 2.59 bits per heavy atom. The van der Waals surface area contributed by atoms with Crippen LogP contribution in [0.2, 0.25) is 0 Å². The zero-order valence-corrected chi connectivity index (χ0v) is 11.2. The maximum absolute atomic E-state index is 3.63. The lowest BCUT2D eigenvalue weighted by atomic mass is 9.85. The van der Waals surface area contributed by atoms with Gasteiger partial charge in [-0.1, -0.05) is 51.1 Å². The van der Waals surface area contributed by atoms with Crippen LogP contribution in [0.3, 0.4) is 0 Å². The van der Waals surface area contributed by atoms with Gasteiger partial charge in [-0.2, -0.15) is 0 Å². The first-order valence-electron chi connectivity index (χ1n) is 6.55. The van der Waals surface area contributed by atoms with E-state index in [0.29, 0.717) is 11.5 Å². The number of hydrogen-bond acceptors (Lipinski definition) is 2. The molecule has 94 valence electrons. The molecule has 1 aliphatic rings. The standard InChI is InChI=1S/C15H24N2/c1-15(2,3)14-12-17(10-9-16-14)11-13-7-5-4-6-8-13/h4-8,14,16H,9-12H2,1-3H3. The van der Waals surface area contributed by atoms with Crippen LogP contribution in [0.15, 0.2) is 30.3 Å². The second kappa shape index (κ2) is 5.19. The molecule has 0 spiro atoms. The van der Waals surface area contributed by atoms with Gasteiger partial charge in [0.2, 0.25) is 0 Å². The third-order valence-electron chi connectivity index (χ3n) is 3.55. The van der Waals surface area contributed by atoms with E-state index in [1.54, 1.807) is 0 Å². The van der Waals surface area contributed by atoms with E-state index in [1.165, 1.54) is 5.56 Å². The van der Waals surface area contributed by atoms with Crippen molar-refractivity contribution in [3.63, 3.8) is 0 Å². The normalized spacial score (nSPS) is 22.6. The summed E-state index contributed by atoms with van der Waals surface area (Å²) in [6, 6.07) is 11.4. The predicted octanol–water partition coefficient (Wildman–Crippen LogP) is 2.51. The van der Waals surface area contributed by atoms with Crippen LogP contribution in [0, 0.1) is 5.41 Å². The number of piperazine rings is 1. The molecule has 0 aliphatic carbocycles. The van der Waals surface area contributed by atoms with Crippen LogP contribution in [0.25, 0.3) is 0 Å². The summed E-state index contributed by atoms with van der Waals surface area (Å²) in [4.78, 5) is 2.56. The molecule has 1 N–H and O–H groups in total. The molecule has 0 saturated carbocycles. The highest BCUT2D eigenvalue weighted by Gasteiger charge is 2.28. The van der Waals surface area contributed by atoms with E-state index in [2.05, 4.69) is 61.3 Å². The van der Waals surface area contributed by atoms with Gasteiger partial charge in [0.1, 0.15) is 0 Å². The van der Waals surface area contributed by atoms with Crippen molar-refractivity contribution in [3.8, 4) is 0 Å². The van der Waals surface area contributed by atoms with Gasteiger partial charge in [0.05, 0.1) is 0 Å². The second-order valence-electron chi connectivity index (χ2n) is 6.09. The van der Waals surface area contributed by atoms with Crippen molar-refractivity contribution >= 4 is 0 Å². The highest BCUT2D eigenvalue weighted by molar-refractivity contribution is 5.14. The lowest BCUT2D eigenvalue weighted by Crippen LogP contribution is -2.55. The fourth-order valence-corrected chi connectivity index (χ4v) is 2.38. The van der Waals surface area contributed by atoms with Gasteiger partial charge in [-0.05, 0) is 11.0 Å². The Bertz CT molecular complexity index is 340. The van der Waals surface area contributed by atoms with Crippen molar-refractivity contribution in [2.75, 3.05) is 19.6 Å². The quantitative estimate of drug-likeness (QED) is 0.843. The summed E-state index contributed by atoms with van der Waals surface area (Å²) in [6.45, 7) is 11.4. The van der Waals surface area contributed by atoms with Gasteiger partial charge in [-0.25, -0.2) is 0 Å². The summed E-state index contributed by atoms with van der Waals surface area (Å²) in [5, 5.41) is 3.63. The zero-order valence-electron chi connectivity index (χ0n) is 11.2. The Balaban J connectivity index is 1.94. The number of nitrogens with one attached hydrogen (secondary N) is 1. The van der Waals surface area contributed by atoms with Crippen molar-refractivity contribution in [1.29, 1.82) is 0 Å². The molecule has 0 aromatic heterocycles. The first-order valence-corrected chi connectivity index (χ1v) is 6.55. The monoisotopic (exact) mass is 232 g/mol. The molecule has 2 heteroatoms. The minimum atomic E-state index is 0.343. The van der Waals surface area contributed by atoms with Crippen LogP contribution in [-0.4, -0.2) is 30.6 Å². The fraction of sp³-hybridized carbons (Fsp3) is 0.600. The Hall–Kier alpha value is -0.860. The lowest BCUT2D eigenvalue weighted by Gasteiger charge is -2.40. The Morgan fingerprint density at radius 2 is 1.94 bits per heavy atom. The third kappa shape index (κ3) is 3.55. The summed E-state index contributed by atoms with van der Waals surface area (Å²) >= 11 is 0. The van der Waals surface area contributed by atoms with Gasteiger partial charge < -0.3 is 5.32 Å². The van der Waals surface area contributed by atoms with Crippen molar-refractivity contribution in [1.82, 2.24) is 10.2 Å². The molecule has 1 aromatic carbocycles. The molecule has 2 rings (SSSR count). The number of nitrogens with zero attached hydrogens (tertiary/aromatic N) is 1. The summed E-state index contributed by atoms with van der Waals surface area (Å²) in [6.07, 6.45) is 0. The Labute approximate surface area is 105 Å². The van der Waals surface area contributed by atoms with E-state index in [1.807, 2.05) is 0 Å². The summed E-state index contributed by atoms with van der Waals surface area (Å²) < 4.78 is 0. The second-order valence-corrected chi connectivity index (χ2v) is 6.09. The number of hydrogen-bond donors (Lipinski definition) is 1. The maximum atomic E-state index is 3.63. The van der Waals surface area contributed by atoms with Crippen LogP contribution in [0.1, 0.15) is 26.3 Å². The molecule has 1 aliphatic heterocycles. The van der Waals surface area contributed by atoms with Crippen LogP contribution < -0.4 is 5.32 Å². The molecule has 1 saturated heterocycles.